The molecular weight excluding hydrogens is 400 g/mol. The first-order chi connectivity index (χ1) is 14.3. The van der Waals surface area contributed by atoms with Crippen molar-refractivity contribution in [1.29, 1.82) is 0 Å². The summed E-state index contributed by atoms with van der Waals surface area (Å²) in [5, 5.41) is 14.4. The van der Waals surface area contributed by atoms with Crippen LogP contribution in [0.2, 0.25) is 5.02 Å². The lowest BCUT2D eigenvalue weighted by molar-refractivity contribution is -0.134. The summed E-state index contributed by atoms with van der Waals surface area (Å²) >= 11 is 6.33. The number of carbonyl (C=O) groups excluding carboxylic acids is 1. The first kappa shape index (κ1) is 23.1. The van der Waals surface area contributed by atoms with E-state index in [1.165, 1.54) is 44.1 Å². The molecule has 0 aromatic heterocycles. The molecule has 0 aliphatic heterocycles. The van der Waals surface area contributed by atoms with Crippen LogP contribution in [0, 0.1) is 23.2 Å². The van der Waals surface area contributed by atoms with Gasteiger partial charge < -0.3 is 15.7 Å². The van der Waals surface area contributed by atoms with Crippen LogP contribution in [-0.4, -0.2) is 37.1 Å². The highest BCUT2D eigenvalue weighted by Gasteiger charge is 2.50. The lowest BCUT2D eigenvalue weighted by Gasteiger charge is -2.56. The van der Waals surface area contributed by atoms with Gasteiger partial charge in [-0.15, -0.1) is 0 Å². The molecule has 6 heteroatoms. The third-order valence-corrected chi connectivity index (χ3v) is 7.29. The minimum Gasteiger partial charge on any atom is -0.481 e. The largest absolute Gasteiger partial charge is 0.481 e. The lowest BCUT2D eigenvalue weighted by atomic mass is 9.49. The summed E-state index contributed by atoms with van der Waals surface area (Å²) in [5.41, 5.74) is 2.18. The third kappa shape index (κ3) is 5.98. The second kappa shape index (κ2) is 10.1. The molecule has 5 nitrogen and oxygen atoms in total. The van der Waals surface area contributed by atoms with Gasteiger partial charge in [-0.3, -0.25) is 9.59 Å². The number of hydrogen-bond acceptors (Lipinski definition) is 3. The maximum atomic E-state index is 12.8. The molecule has 4 aliphatic rings. The highest BCUT2D eigenvalue weighted by Crippen LogP contribution is 2.59. The number of carboxylic acids is 1. The Kier molecular flexibility index (Phi) is 7.81. The number of carboxylic acid groups (broad SMARTS) is 1. The minimum absolute atomic E-state index is 0.00112. The van der Waals surface area contributed by atoms with Gasteiger partial charge in [-0.2, -0.15) is 0 Å². The molecule has 3 N–H and O–H groups in total. The van der Waals surface area contributed by atoms with Gasteiger partial charge in [0.15, 0.2) is 0 Å². The second-order valence-electron chi connectivity index (χ2n) is 9.64. The first-order valence-corrected chi connectivity index (χ1v) is 11.6. The van der Waals surface area contributed by atoms with Crippen molar-refractivity contribution in [2.75, 3.05) is 20.1 Å². The van der Waals surface area contributed by atoms with Crippen LogP contribution in [-0.2, 0) is 11.2 Å². The predicted octanol–water partition coefficient (Wildman–Crippen LogP) is 4.53. The number of hydrogen-bond donors (Lipinski definition) is 3. The topological polar surface area (TPSA) is 78.4 Å². The fourth-order valence-electron chi connectivity index (χ4n) is 6.24. The Hall–Kier alpha value is -1.59. The van der Waals surface area contributed by atoms with Crippen molar-refractivity contribution in [3.63, 3.8) is 0 Å². The lowest BCUT2D eigenvalue weighted by Crippen LogP contribution is -2.51. The van der Waals surface area contributed by atoms with Crippen molar-refractivity contribution in [2.45, 2.75) is 58.3 Å². The SMILES string of the molecule is CC(=O)O.CNCCCc1ccc(Cl)c(C(=O)NCC23CC4CC(CC(C4)C2)C3)c1. The third-order valence-electron chi connectivity index (χ3n) is 6.96. The normalized spacial score (nSPS) is 28.6. The Morgan fingerprint density at radius 3 is 2.23 bits per heavy atom. The Bertz CT molecular complexity index is 726. The standard InChI is InChI=1S/C22H31ClN2O.C2H4O2/c1-24-6-2-3-15-4-5-20(23)19(10-15)21(26)25-14-22-11-16-7-17(12-22)9-18(8-16)13-22;1-2(3)4/h4-5,10,16-18,24H,2-3,6-9,11-14H2,1H3,(H,25,26);1H3,(H,3,4). The van der Waals surface area contributed by atoms with Gasteiger partial charge in [0, 0.05) is 13.5 Å². The molecule has 5 rings (SSSR count). The van der Waals surface area contributed by atoms with E-state index in [9.17, 15) is 4.79 Å². The van der Waals surface area contributed by atoms with E-state index in [-0.39, 0.29) is 5.91 Å². The summed E-state index contributed by atoms with van der Waals surface area (Å²) < 4.78 is 0. The molecule has 1 aromatic rings. The number of aliphatic carboxylic acids is 1. The Morgan fingerprint density at radius 1 is 1.13 bits per heavy atom. The van der Waals surface area contributed by atoms with Crippen molar-refractivity contribution in [3.8, 4) is 0 Å². The summed E-state index contributed by atoms with van der Waals surface area (Å²) in [4.78, 5) is 21.8. The fraction of sp³-hybridized carbons (Fsp3) is 0.667. The van der Waals surface area contributed by atoms with E-state index >= 15 is 0 Å². The number of nitrogens with one attached hydrogen (secondary N) is 2. The summed E-state index contributed by atoms with van der Waals surface area (Å²) in [5.74, 6) is 1.91. The van der Waals surface area contributed by atoms with E-state index in [1.54, 1.807) is 0 Å². The molecule has 0 heterocycles. The average molecular weight is 435 g/mol. The van der Waals surface area contributed by atoms with Crippen LogP contribution in [0.15, 0.2) is 18.2 Å². The highest BCUT2D eigenvalue weighted by molar-refractivity contribution is 6.33. The molecule has 166 valence electrons. The zero-order chi connectivity index (χ0) is 21.7. The van der Waals surface area contributed by atoms with E-state index in [0.29, 0.717) is 16.0 Å². The summed E-state index contributed by atoms with van der Waals surface area (Å²) in [6.07, 6.45) is 10.3. The molecule has 30 heavy (non-hydrogen) atoms. The molecule has 4 aliphatic carbocycles. The quantitative estimate of drug-likeness (QED) is 0.551. The van der Waals surface area contributed by atoms with Crippen molar-refractivity contribution in [1.82, 2.24) is 10.6 Å². The maximum absolute atomic E-state index is 12.8. The molecule has 0 saturated heterocycles. The average Bonchev–Trinajstić information content (AvgIpc) is 2.66. The van der Waals surface area contributed by atoms with Gasteiger partial charge in [0.2, 0.25) is 0 Å². The number of amides is 1. The highest BCUT2D eigenvalue weighted by atomic mass is 35.5. The Morgan fingerprint density at radius 2 is 1.70 bits per heavy atom. The molecular formula is C24H35ClN2O3. The number of rotatable bonds is 7. The van der Waals surface area contributed by atoms with Gasteiger partial charge in [0.1, 0.15) is 0 Å². The van der Waals surface area contributed by atoms with Crippen LogP contribution in [0.25, 0.3) is 0 Å². The van der Waals surface area contributed by atoms with Crippen molar-refractivity contribution < 1.29 is 14.7 Å². The van der Waals surface area contributed by atoms with Gasteiger partial charge in [-0.25, -0.2) is 0 Å². The predicted molar refractivity (Wildman–Crippen MR) is 120 cm³/mol. The Balaban J connectivity index is 0.000000589. The molecule has 0 atom stereocenters. The van der Waals surface area contributed by atoms with Crippen LogP contribution in [0.5, 0.6) is 0 Å². The second-order valence-corrected chi connectivity index (χ2v) is 10.0. The van der Waals surface area contributed by atoms with Crippen molar-refractivity contribution in [2.24, 2.45) is 23.2 Å². The Labute approximate surface area is 185 Å². The number of carbonyl (C=O) groups is 2. The molecule has 4 saturated carbocycles. The zero-order valence-corrected chi connectivity index (χ0v) is 18.9. The van der Waals surface area contributed by atoms with E-state index < -0.39 is 5.97 Å². The van der Waals surface area contributed by atoms with Crippen LogP contribution >= 0.6 is 11.6 Å². The summed E-state index contributed by atoms with van der Waals surface area (Å²) in [7, 11) is 1.96. The van der Waals surface area contributed by atoms with E-state index in [0.717, 1.165) is 50.6 Å². The minimum atomic E-state index is -0.833. The number of benzene rings is 1. The van der Waals surface area contributed by atoms with E-state index in [1.807, 2.05) is 25.2 Å². The van der Waals surface area contributed by atoms with E-state index in [4.69, 9.17) is 21.5 Å². The van der Waals surface area contributed by atoms with Gasteiger partial charge >= 0.3 is 0 Å². The summed E-state index contributed by atoms with van der Waals surface area (Å²) in [6, 6.07) is 5.89. The van der Waals surface area contributed by atoms with Crippen LogP contribution < -0.4 is 10.6 Å². The van der Waals surface area contributed by atoms with Crippen LogP contribution in [0.1, 0.15) is 67.8 Å². The van der Waals surface area contributed by atoms with Gasteiger partial charge in [-0.1, -0.05) is 17.7 Å². The summed E-state index contributed by atoms with van der Waals surface area (Å²) in [6.45, 7) is 2.89. The first-order valence-electron chi connectivity index (χ1n) is 11.2. The molecule has 0 spiro atoms. The van der Waals surface area contributed by atoms with Crippen molar-refractivity contribution >= 4 is 23.5 Å². The molecule has 1 amide bonds. The zero-order valence-electron chi connectivity index (χ0n) is 18.2. The molecule has 0 radical (unpaired) electrons. The maximum Gasteiger partial charge on any atom is 0.300 e. The molecule has 4 bridgehead atoms. The smallest absolute Gasteiger partial charge is 0.300 e. The van der Waals surface area contributed by atoms with Gasteiger partial charge in [0.25, 0.3) is 11.9 Å². The van der Waals surface area contributed by atoms with Crippen LogP contribution in [0.3, 0.4) is 0 Å². The monoisotopic (exact) mass is 434 g/mol. The fourth-order valence-corrected chi connectivity index (χ4v) is 6.44. The molecule has 1 aromatic carbocycles. The van der Waals surface area contributed by atoms with Gasteiger partial charge in [-0.05, 0) is 106 Å². The van der Waals surface area contributed by atoms with E-state index in [2.05, 4.69) is 10.6 Å². The van der Waals surface area contributed by atoms with Crippen molar-refractivity contribution in [3.05, 3.63) is 34.3 Å². The molecule has 4 fully saturated rings. The number of aryl methyl sites for hydroxylation is 1. The number of halogens is 1. The van der Waals surface area contributed by atoms with Crippen LogP contribution in [0.4, 0.5) is 0 Å². The molecule has 0 unspecified atom stereocenters. The van der Waals surface area contributed by atoms with Gasteiger partial charge in [0.05, 0.1) is 10.6 Å².